The van der Waals surface area contributed by atoms with Gasteiger partial charge in [-0.15, -0.1) is 0 Å². The third-order valence-corrected chi connectivity index (χ3v) is 3.44. The molecule has 1 saturated carbocycles. The Labute approximate surface area is 128 Å². The number of hydrogen-bond acceptors (Lipinski definition) is 5. The Morgan fingerprint density at radius 3 is 2.77 bits per heavy atom. The lowest BCUT2D eigenvalue weighted by molar-refractivity contribution is -0.120. The van der Waals surface area contributed by atoms with E-state index in [9.17, 15) is 4.79 Å². The predicted molar refractivity (Wildman–Crippen MR) is 81.9 cm³/mol. The maximum absolute atomic E-state index is 11.7. The van der Waals surface area contributed by atoms with Gasteiger partial charge in [0.15, 0.2) is 5.82 Å². The molecule has 3 rings (SSSR count). The summed E-state index contributed by atoms with van der Waals surface area (Å²) in [6, 6.07) is 7.33. The number of amides is 1. The first-order chi connectivity index (χ1) is 10.7. The molecule has 4 N–H and O–H groups in total. The lowest BCUT2D eigenvalue weighted by atomic mass is 10.2. The molecule has 0 saturated heterocycles. The zero-order chi connectivity index (χ0) is 15.4. The average molecular weight is 301 g/mol. The normalized spacial score (nSPS) is 14.0. The molecule has 0 spiro atoms. The average Bonchev–Trinajstić information content (AvgIpc) is 3.22. The fourth-order valence-corrected chi connectivity index (χ4v) is 2.02. The maximum atomic E-state index is 11.7. The molecule has 0 atom stereocenters. The van der Waals surface area contributed by atoms with Crippen LogP contribution >= 0.6 is 0 Å². The van der Waals surface area contributed by atoms with Crippen molar-refractivity contribution in [1.82, 2.24) is 15.2 Å². The van der Waals surface area contributed by atoms with E-state index in [-0.39, 0.29) is 12.5 Å². The second kappa shape index (κ2) is 6.67. The molecule has 0 unspecified atom stereocenters. The van der Waals surface area contributed by atoms with Gasteiger partial charge in [0.25, 0.3) is 0 Å². The van der Waals surface area contributed by atoms with Gasteiger partial charge in [0.1, 0.15) is 12.4 Å². The summed E-state index contributed by atoms with van der Waals surface area (Å²) >= 11 is 0. The van der Waals surface area contributed by atoms with Gasteiger partial charge in [-0.3, -0.25) is 9.89 Å². The molecule has 116 valence electrons. The molecule has 22 heavy (non-hydrogen) atoms. The lowest BCUT2D eigenvalue weighted by Gasteiger charge is -2.06. The highest BCUT2D eigenvalue weighted by atomic mass is 16.5. The van der Waals surface area contributed by atoms with Crippen LogP contribution in [-0.4, -0.2) is 34.3 Å². The van der Waals surface area contributed by atoms with E-state index >= 15 is 0 Å². The highest BCUT2D eigenvalue weighted by Crippen LogP contribution is 2.28. The van der Waals surface area contributed by atoms with Crippen LogP contribution in [0.15, 0.2) is 24.3 Å². The van der Waals surface area contributed by atoms with Gasteiger partial charge in [0.2, 0.25) is 5.91 Å². The van der Waals surface area contributed by atoms with Crippen LogP contribution in [0.3, 0.4) is 0 Å². The number of aromatic nitrogens is 3. The standard InChI is InChI=1S/C15H19N5O2/c16-7-13-18-15(20-19-13)11-3-5-12(6-4-11)17-14(21)9-22-8-10-1-2-10/h3-6,10H,1-2,7-9,16H2,(H,17,21)(H,18,19,20). The Morgan fingerprint density at radius 1 is 1.36 bits per heavy atom. The minimum atomic E-state index is -0.142. The zero-order valence-corrected chi connectivity index (χ0v) is 12.2. The molecule has 1 aliphatic carbocycles. The van der Waals surface area contributed by atoms with E-state index in [0.29, 0.717) is 30.7 Å². The Kier molecular flexibility index (Phi) is 4.45. The van der Waals surface area contributed by atoms with Crippen LogP contribution in [-0.2, 0) is 16.1 Å². The number of benzene rings is 1. The molecule has 1 amide bonds. The molecular weight excluding hydrogens is 282 g/mol. The molecule has 1 fully saturated rings. The molecule has 1 aromatic heterocycles. The van der Waals surface area contributed by atoms with Gasteiger partial charge < -0.3 is 15.8 Å². The molecule has 2 aromatic rings. The van der Waals surface area contributed by atoms with E-state index in [0.717, 1.165) is 11.3 Å². The monoisotopic (exact) mass is 301 g/mol. The van der Waals surface area contributed by atoms with Crippen LogP contribution in [0.25, 0.3) is 11.4 Å². The highest BCUT2D eigenvalue weighted by molar-refractivity contribution is 5.91. The first kappa shape index (κ1) is 14.7. The van der Waals surface area contributed by atoms with Crippen LogP contribution in [0, 0.1) is 5.92 Å². The molecule has 1 aromatic carbocycles. The van der Waals surface area contributed by atoms with Gasteiger partial charge in [-0.1, -0.05) is 0 Å². The van der Waals surface area contributed by atoms with Gasteiger partial charge in [0, 0.05) is 11.3 Å². The summed E-state index contributed by atoms with van der Waals surface area (Å²) in [5.74, 6) is 1.75. The summed E-state index contributed by atoms with van der Waals surface area (Å²) in [7, 11) is 0. The topological polar surface area (TPSA) is 106 Å². The van der Waals surface area contributed by atoms with E-state index in [1.807, 2.05) is 24.3 Å². The van der Waals surface area contributed by atoms with Crippen molar-refractivity contribution in [2.45, 2.75) is 19.4 Å². The second-order valence-electron chi connectivity index (χ2n) is 5.39. The van der Waals surface area contributed by atoms with Crippen molar-refractivity contribution in [2.24, 2.45) is 11.7 Å². The summed E-state index contributed by atoms with van der Waals surface area (Å²) in [4.78, 5) is 16.0. The number of nitrogens with zero attached hydrogens (tertiary/aromatic N) is 2. The third kappa shape index (κ3) is 3.90. The van der Waals surface area contributed by atoms with E-state index in [1.165, 1.54) is 12.8 Å². The largest absolute Gasteiger partial charge is 0.371 e. The van der Waals surface area contributed by atoms with Crippen molar-refractivity contribution in [3.8, 4) is 11.4 Å². The zero-order valence-electron chi connectivity index (χ0n) is 12.2. The number of aromatic amines is 1. The number of carbonyl (C=O) groups is 1. The quantitative estimate of drug-likeness (QED) is 0.714. The molecule has 1 heterocycles. The van der Waals surface area contributed by atoms with E-state index in [4.69, 9.17) is 10.5 Å². The summed E-state index contributed by atoms with van der Waals surface area (Å²) in [6.07, 6.45) is 2.44. The lowest BCUT2D eigenvalue weighted by Crippen LogP contribution is -2.18. The fraction of sp³-hybridized carbons (Fsp3) is 0.400. The molecule has 0 bridgehead atoms. The summed E-state index contributed by atoms with van der Waals surface area (Å²) in [5, 5.41) is 9.65. The number of anilines is 1. The molecular formula is C15H19N5O2. The molecule has 0 radical (unpaired) electrons. The summed E-state index contributed by atoms with van der Waals surface area (Å²) in [5.41, 5.74) is 7.07. The van der Waals surface area contributed by atoms with Crippen molar-refractivity contribution >= 4 is 11.6 Å². The van der Waals surface area contributed by atoms with Crippen LogP contribution in [0.4, 0.5) is 5.69 Å². The SMILES string of the molecule is NCc1nc(-c2ccc(NC(=O)COCC3CC3)cc2)n[nH]1. The van der Waals surface area contributed by atoms with Gasteiger partial charge >= 0.3 is 0 Å². The minimum Gasteiger partial charge on any atom is -0.371 e. The van der Waals surface area contributed by atoms with Crippen molar-refractivity contribution in [1.29, 1.82) is 0 Å². The predicted octanol–water partition coefficient (Wildman–Crippen LogP) is 1.30. The Morgan fingerprint density at radius 2 is 2.14 bits per heavy atom. The highest BCUT2D eigenvalue weighted by Gasteiger charge is 2.21. The van der Waals surface area contributed by atoms with E-state index < -0.39 is 0 Å². The van der Waals surface area contributed by atoms with Crippen molar-refractivity contribution in [3.63, 3.8) is 0 Å². The Bertz CT molecular complexity index is 634. The summed E-state index contributed by atoms with van der Waals surface area (Å²) < 4.78 is 5.35. The van der Waals surface area contributed by atoms with Crippen molar-refractivity contribution in [2.75, 3.05) is 18.5 Å². The number of rotatable bonds is 7. The van der Waals surface area contributed by atoms with Gasteiger partial charge in [-0.05, 0) is 43.0 Å². The molecule has 7 heteroatoms. The number of H-pyrrole nitrogens is 1. The van der Waals surface area contributed by atoms with Gasteiger partial charge in [0.05, 0.1) is 13.2 Å². The molecule has 1 aliphatic rings. The van der Waals surface area contributed by atoms with Gasteiger partial charge in [-0.25, -0.2) is 4.98 Å². The fourth-order valence-electron chi connectivity index (χ4n) is 2.02. The van der Waals surface area contributed by atoms with Gasteiger partial charge in [-0.2, -0.15) is 5.10 Å². The summed E-state index contributed by atoms with van der Waals surface area (Å²) in [6.45, 7) is 1.10. The van der Waals surface area contributed by atoms with Crippen LogP contribution < -0.4 is 11.1 Å². The first-order valence-corrected chi connectivity index (χ1v) is 7.34. The van der Waals surface area contributed by atoms with Crippen molar-refractivity contribution in [3.05, 3.63) is 30.1 Å². The second-order valence-corrected chi connectivity index (χ2v) is 5.39. The Hall–Kier alpha value is -2.25. The number of carbonyl (C=O) groups excluding carboxylic acids is 1. The number of hydrogen-bond donors (Lipinski definition) is 3. The van der Waals surface area contributed by atoms with E-state index in [1.54, 1.807) is 0 Å². The molecule has 0 aliphatic heterocycles. The smallest absolute Gasteiger partial charge is 0.250 e. The first-order valence-electron chi connectivity index (χ1n) is 7.34. The minimum absolute atomic E-state index is 0.0963. The third-order valence-electron chi connectivity index (χ3n) is 3.44. The molecule has 7 nitrogen and oxygen atoms in total. The van der Waals surface area contributed by atoms with Crippen LogP contribution in [0.1, 0.15) is 18.7 Å². The van der Waals surface area contributed by atoms with E-state index in [2.05, 4.69) is 20.5 Å². The van der Waals surface area contributed by atoms with Crippen LogP contribution in [0.5, 0.6) is 0 Å². The number of ether oxygens (including phenoxy) is 1. The Balaban J connectivity index is 1.52. The number of nitrogens with one attached hydrogen (secondary N) is 2. The van der Waals surface area contributed by atoms with Crippen LogP contribution in [0.2, 0.25) is 0 Å². The maximum Gasteiger partial charge on any atom is 0.250 e. The van der Waals surface area contributed by atoms with Crippen molar-refractivity contribution < 1.29 is 9.53 Å². The number of nitrogens with two attached hydrogens (primary N) is 1.